The summed E-state index contributed by atoms with van der Waals surface area (Å²) in [4.78, 5) is 11.9. The summed E-state index contributed by atoms with van der Waals surface area (Å²) in [6.45, 7) is 3.14. The molecule has 0 aromatic rings. The molecule has 0 aromatic carbocycles. The molecule has 0 heterocycles. The highest BCUT2D eigenvalue weighted by atomic mass is 16.2. The molecular formula is C13H24N2O. The fourth-order valence-corrected chi connectivity index (χ4v) is 2.88. The molecule has 3 nitrogen and oxygen atoms in total. The zero-order chi connectivity index (χ0) is 11.6. The number of nitrogens with one attached hydrogen (secondary N) is 1. The predicted octanol–water partition coefficient (Wildman–Crippen LogP) is 1.81. The van der Waals surface area contributed by atoms with Crippen LogP contribution in [-0.2, 0) is 4.79 Å². The van der Waals surface area contributed by atoms with E-state index in [9.17, 15) is 4.79 Å². The van der Waals surface area contributed by atoms with Gasteiger partial charge in [0.15, 0.2) is 0 Å². The van der Waals surface area contributed by atoms with E-state index in [1.807, 2.05) is 0 Å². The molecule has 2 rings (SSSR count). The largest absolute Gasteiger partial charge is 0.354 e. The summed E-state index contributed by atoms with van der Waals surface area (Å²) < 4.78 is 0. The van der Waals surface area contributed by atoms with E-state index in [4.69, 9.17) is 5.73 Å². The molecule has 2 fully saturated rings. The van der Waals surface area contributed by atoms with Crippen molar-refractivity contribution in [2.75, 3.05) is 6.54 Å². The van der Waals surface area contributed by atoms with E-state index >= 15 is 0 Å². The van der Waals surface area contributed by atoms with Crippen LogP contribution in [0.2, 0.25) is 0 Å². The molecule has 0 spiro atoms. The van der Waals surface area contributed by atoms with Gasteiger partial charge >= 0.3 is 0 Å². The third-order valence-electron chi connectivity index (χ3n) is 4.51. The van der Waals surface area contributed by atoms with E-state index in [-0.39, 0.29) is 5.91 Å². The van der Waals surface area contributed by atoms with Crippen molar-refractivity contribution in [3.63, 3.8) is 0 Å². The number of hydrogen-bond donors (Lipinski definition) is 2. The summed E-state index contributed by atoms with van der Waals surface area (Å²) in [6.07, 6.45) is 8.07. The number of carbonyl (C=O) groups is 1. The first-order valence-corrected chi connectivity index (χ1v) is 6.69. The van der Waals surface area contributed by atoms with E-state index in [2.05, 4.69) is 12.2 Å². The van der Waals surface area contributed by atoms with Gasteiger partial charge in [-0.05, 0) is 37.5 Å². The summed E-state index contributed by atoms with van der Waals surface area (Å²) in [5.74, 6) is 1.50. The summed E-state index contributed by atoms with van der Waals surface area (Å²) in [5, 5.41) is 3.06. The Morgan fingerprint density at radius 1 is 1.31 bits per heavy atom. The van der Waals surface area contributed by atoms with Crippen LogP contribution in [0.3, 0.4) is 0 Å². The molecule has 0 saturated heterocycles. The maximum absolute atomic E-state index is 11.9. The Labute approximate surface area is 98.2 Å². The molecule has 3 heteroatoms. The molecule has 0 radical (unpaired) electrons. The van der Waals surface area contributed by atoms with Gasteiger partial charge in [-0.15, -0.1) is 0 Å². The van der Waals surface area contributed by atoms with E-state index in [0.717, 1.165) is 31.7 Å². The van der Waals surface area contributed by atoms with Gasteiger partial charge in [0, 0.05) is 6.54 Å². The zero-order valence-electron chi connectivity index (χ0n) is 10.3. The van der Waals surface area contributed by atoms with Crippen molar-refractivity contribution in [1.82, 2.24) is 5.32 Å². The molecule has 0 aromatic heterocycles. The first-order valence-electron chi connectivity index (χ1n) is 6.69. The first kappa shape index (κ1) is 11.9. The van der Waals surface area contributed by atoms with Gasteiger partial charge in [-0.25, -0.2) is 0 Å². The average molecular weight is 224 g/mol. The van der Waals surface area contributed by atoms with Gasteiger partial charge in [-0.3, -0.25) is 4.79 Å². The number of carbonyl (C=O) groups excluding carboxylic acids is 1. The molecule has 2 saturated carbocycles. The van der Waals surface area contributed by atoms with Crippen LogP contribution in [0.1, 0.15) is 51.9 Å². The second-order valence-corrected chi connectivity index (χ2v) is 5.74. The predicted molar refractivity (Wildman–Crippen MR) is 64.9 cm³/mol. The molecule has 1 amide bonds. The Morgan fingerprint density at radius 2 is 2.00 bits per heavy atom. The van der Waals surface area contributed by atoms with Gasteiger partial charge in [-0.2, -0.15) is 0 Å². The lowest BCUT2D eigenvalue weighted by Gasteiger charge is -2.37. The van der Waals surface area contributed by atoms with Crippen LogP contribution in [0, 0.1) is 11.8 Å². The maximum atomic E-state index is 11.9. The van der Waals surface area contributed by atoms with Crippen LogP contribution in [0.4, 0.5) is 0 Å². The van der Waals surface area contributed by atoms with Crippen LogP contribution >= 0.6 is 0 Å². The quantitative estimate of drug-likeness (QED) is 0.768. The highest BCUT2D eigenvalue weighted by Crippen LogP contribution is 2.31. The topological polar surface area (TPSA) is 55.1 Å². The van der Waals surface area contributed by atoms with Gasteiger partial charge in [0.1, 0.15) is 0 Å². The fourth-order valence-electron chi connectivity index (χ4n) is 2.88. The smallest absolute Gasteiger partial charge is 0.240 e. The summed E-state index contributed by atoms with van der Waals surface area (Å²) in [7, 11) is 0. The first-order chi connectivity index (χ1) is 7.62. The molecule has 2 aliphatic rings. The van der Waals surface area contributed by atoms with Crippen LogP contribution < -0.4 is 11.1 Å². The van der Waals surface area contributed by atoms with E-state index < -0.39 is 5.54 Å². The lowest BCUT2D eigenvalue weighted by atomic mass is 9.76. The molecule has 2 atom stereocenters. The average Bonchev–Trinajstić information content (AvgIpc) is 2.24. The van der Waals surface area contributed by atoms with Crippen molar-refractivity contribution in [2.24, 2.45) is 17.6 Å². The molecule has 0 bridgehead atoms. The van der Waals surface area contributed by atoms with Crippen molar-refractivity contribution in [3.05, 3.63) is 0 Å². The Bertz CT molecular complexity index is 261. The standard InChI is InChI=1S/C13H24N2O/c1-10-5-2-3-6-11(10)9-15-12(16)13(14)7-4-8-13/h10-11H,2-9,14H2,1H3,(H,15,16). The van der Waals surface area contributed by atoms with Gasteiger partial charge in [0.05, 0.1) is 5.54 Å². The number of nitrogens with two attached hydrogens (primary N) is 1. The monoisotopic (exact) mass is 224 g/mol. The van der Waals surface area contributed by atoms with Gasteiger partial charge < -0.3 is 11.1 Å². The minimum Gasteiger partial charge on any atom is -0.354 e. The highest BCUT2D eigenvalue weighted by Gasteiger charge is 2.40. The van der Waals surface area contributed by atoms with Crippen molar-refractivity contribution >= 4 is 5.91 Å². The third kappa shape index (κ3) is 2.40. The summed E-state index contributed by atoms with van der Waals surface area (Å²) in [6, 6.07) is 0. The maximum Gasteiger partial charge on any atom is 0.240 e. The zero-order valence-corrected chi connectivity index (χ0v) is 10.3. The molecule has 2 unspecified atom stereocenters. The second kappa shape index (κ2) is 4.74. The van der Waals surface area contributed by atoms with Crippen molar-refractivity contribution < 1.29 is 4.79 Å². The number of hydrogen-bond acceptors (Lipinski definition) is 2. The van der Waals surface area contributed by atoms with Crippen molar-refractivity contribution in [3.8, 4) is 0 Å². The van der Waals surface area contributed by atoms with Gasteiger partial charge in [0.2, 0.25) is 5.91 Å². The van der Waals surface area contributed by atoms with E-state index in [1.165, 1.54) is 25.7 Å². The van der Waals surface area contributed by atoms with Crippen molar-refractivity contribution in [1.29, 1.82) is 0 Å². The highest BCUT2D eigenvalue weighted by molar-refractivity contribution is 5.86. The SMILES string of the molecule is CC1CCCCC1CNC(=O)C1(N)CCC1. The Balaban J connectivity index is 1.76. The molecule has 2 aliphatic carbocycles. The molecular weight excluding hydrogens is 200 g/mol. The summed E-state index contributed by atoms with van der Waals surface area (Å²) in [5.41, 5.74) is 5.45. The summed E-state index contributed by atoms with van der Waals surface area (Å²) >= 11 is 0. The second-order valence-electron chi connectivity index (χ2n) is 5.74. The van der Waals surface area contributed by atoms with E-state index in [1.54, 1.807) is 0 Å². The Morgan fingerprint density at radius 3 is 2.56 bits per heavy atom. The van der Waals surface area contributed by atoms with Crippen LogP contribution in [0.5, 0.6) is 0 Å². The van der Waals surface area contributed by atoms with Crippen LogP contribution in [0.25, 0.3) is 0 Å². The molecule has 92 valence electrons. The third-order valence-corrected chi connectivity index (χ3v) is 4.51. The van der Waals surface area contributed by atoms with Crippen LogP contribution in [-0.4, -0.2) is 18.0 Å². The normalized spacial score (nSPS) is 32.9. The van der Waals surface area contributed by atoms with Gasteiger partial charge in [0.25, 0.3) is 0 Å². The molecule has 16 heavy (non-hydrogen) atoms. The Kier molecular flexibility index (Phi) is 3.53. The lowest BCUT2D eigenvalue weighted by molar-refractivity contribution is -0.129. The van der Waals surface area contributed by atoms with Gasteiger partial charge in [-0.1, -0.05) is 26.2 Å². The minimum absolute atomic E-state index is 0.0801. The Hall–Kier alpha value is -0.570. The van der Waals surface area contributed by atoms with Crippen LogP contribution in [0.15, 0.2) is 0 Å². The lowest BCUT2D eigenvalue weighted by Crippen LogP contribution is -2.59. The number of rotatable bonds is 3. The molecule has 0 aliphatic heterocycles. The fraction of sp³-hybridized carbons (Fsp3) is 0.923. The van der Waals surface area contributed by atoms with E-state index in [0.29, 0.717) is 5.92 Å². The number of amides is 1. The van der Waals surface area contributed by atoms with Crippen molar-refractivity contribution in [2.45, 2.75) is 57.4 Å². The molecule has 3 N–H and O–H groups in total. The minimum atomic E-state index is -0.530.